The number of ether oxygens (including phenoxy) is 3. The lowest BCUT2D eigenvalue weighted by Gasteiger charge is -2.32. The van der Waals surface area contributed by atoms with E-state index in [4.69, 9.17) is 19.9 Å². The van der Waals surface area contributed by atoms with E-state index < -0.39 is 78.7 Å². The fourth-order valence-corrected chi connectivity index (χ4v) is 4.70. The third kappa shape index (κ3) is 8.85. The molecule has 5 atom stereocenters. The van der Waals surface area contributed by atoms with E-state index in [2.05, 4.69) is 16.0 Å². The van der Waals surface area contributed by atoms with Crippen molar-refractivity contribution in [3.63, 3.8) is 0 Å². The van der Waals surface area contributed by atoms with Gasteiger partial charge in [-0.1, -0.05) is 60.7 Å². The number of aliphatic hydroxyl groups excluding tert-OH is 2. The van der Waals surface area contributed by atoms with Crippen LogP contribution in [0.1, 0.15) is 30.4 Å². The van der Waals surface area contributed by atoms with Crippen LogP contribution in [0.25, 0.3) is 0 Å². The van der Waals surface area contributed by atoms with E-state index in [0.29, 0.717) is 11.1 Å². The Hall–Kier alpha value is -4.90. The van der Waals surface area contributed by atoms with Gasteiger partial charge < -0.3 is 35.1 Å². The number of nitrogens with zero attached hydrogens (tertiary/aromatic N) is 1. The number of hydrogen-bond donors (Lipinski definition) is 6. The van der Waals surface area contributed by atoms with E-state index in [1.807, 2.05) is 0 Å². The van der Waals surface area contributed by atoms with Crippen molar-refractivity contribution in [2.24, 2.45) is 5.73 Å². The predicted molar refractivity (Wildman–Crippen MR) is 155 cm³/mol. The van der Waals surface area contributed by atoms with Gasteiger partial charge in [0.15, 0.2) is 18.0 Å². The molecule has 2 heterocycles. The normalized spacial score (nSPS) is 22.3. The summed E-state index contributed by atoms with van der Waals surface area (Å²) in [6.07, 6.45) is -7.63. The van der Waals surface area contributed by atoms with Gasteiger partial charge in [-0.2, -0.15) is 0 Å². The fourth-order valence-electron chi connectivity index (χ4n) is 4.70. The number of hydrogen-bond acceptors (Lipinski definition) is 12. The van der Waals surface area contributed by atoms with Gasteiger partial charge in [0.2, 0.25) is 11.8 Å². The van der Waals surface area contributed by atoms with Gasteiger partial charge >= 0.3 is 18.0 Å². The number of carbonyl (C=O) groups excluding carboxylic acids is 6. The number of nitrogens with one attached hydrogen (secondary N) is 3. The number of imide groups is 1. The number of urea groups is 1. The van der Waals surface area contributed by atoms with Crippen LogP contribution in [0.5, 0.6) is 0 Å². The lowest BCUT2D eigenvalue weighted by atomic mass is 10.1. The van der Waals surface area contributed by atoms with Crippen molar-refractivity contribution in [2.75, 3.05) is 13.1 Å². The zero-order valence-corrected chi connectivity index (χ0v) is 24.6. The van der Waals surface area contributed by atoms with Crippen molar-refractivity contribution in [1.82, 2.24) is 20.9 Å². The second-order valence-electron chi connectivity index (χ2n) is 10.7. The van der Waals surface area contributed by atoms with Gasteiger partial charge in [0.1, 0.15) is 25.4 Å². The lowest BCUT2D eigenvalue weighted by Crippen LogP contribution is -2.63. The smallest absolute Gasteiger partial charge is 0.347 e. The van der Waals surface area contributed by atoms with E-state index >= 15 is 0 Å². The van der Waals surface area contributed by atoms with Gasteiger partial charge in [-0.25, -0.2) is 9.59 Å². The first-order valence-electron chi connectivity index (χ1n) is 14.4. The van der Waals surface area contributed by atoms with Crippen LogP contribution in [0.15, 0.2) is 60.7 Å². The Morgan fingerprint density at radius 3 is 2.17 bits per heavy atom. The SMILES string of the molecule is N[C@@](CC(=O)OCc1ccccc1)(NC(=O)CCNC(=O)[C@H]1O[C@@H](N2CCC(=O)NC2=O)[C@@H](O)[C@H]1O)C(=O)OCc1ccccc1. The Morgan fingerprint density at radius 2 is 1.57 bits per heavy atom. The Kier molecular flexibility index (Phi) is 11.4. The molecule has 16 heteroatoms. The molecule has 0 bridgehead atoms. The molecule has 0 unspecified atom stereocenters. The molecule has 2 aromatic carbocycles. The topological polar surface area (TPSA) is 236 Å². The number of carbonyl (C=O) groups is 6. The average molecular weight is 642 g/mol. The summed E-state index contributed by atoms with van der Waals surface area (Å²) in [7, 11) is 0. The molecule has 46 heavy (non-hydrogen) atoms. The molecule has 7 N–H and O–H groups in total. The minimum absolute atomic E-state index is 0.0619. The van der Waals surface area contributed by atoms with Crippen LogP contribution in [-0.2, 0) is 51.4 Å². The summed E-state index contributed by atoms with van der Waals surface area (Å²) in [5.41, 5.74) is 5.22. The first-order chi connectivity index (χ1) is 22.0. The molecule has 16 nitrogen and oxygen atoms in total. The van der Waals surface area contributed by atoms with Gasteiger partial charge in [-0.3, -0.25) is 35.1 Å². The number of nitrogens with two attached hydrogens (primary N) is 1. The van der Waals surface area contributed by atoms with Crippen molar-refractivity contribution >= 4 is 35.7 Å². The maximum Gasteiger partial charge on any atom is 0.347 e. The molecule has 0 aliphatic carbocycles. The molecular formula is C30H35N5O11. The molecule has 0 aromatic heterocycles. The summed E-state index contributed by atoms with van der Waals surface area (Å²) in [4.78, 5) is 75.8. The highest BCUT2D eigenvalue weighted by atomic mass is 16.6. The maximum absolute atomic E-state index is 13.1. The molecule has 2 fully saturated rings. The third-order valence-electron chi connectivity index (χ3n) is 7.15. The number of benzene rings is 2. The molecule has 246 valence electrons. The van der Waals surface area contributed by atoms with E-state index in [1.165, 1.54) is 0 Å². The summed E-state index contributed by atoms with van der Waals surface area (Å²) < 4.78 is 16.0. The zero-order chi connectivity index (χ0) is 33.3. The Balaban J connectivity index is 1.32. The second-order valence-corrected chi connectivity index (χ2v) is 10.7. The first kappa shape index (κ1) is 34.0. The molecule has 2 aliphatic heterocycles. The summed E-state index contributed by atoms with van der Waals surface area (Å²) in [6, 6.07) is 16.6. The van der Waals surface area contributed by atoms with Crippen molar-refractivity contribution in [1.29, 1.82) is 0 Å². The van der Waals surface area contributed by atoms with Crippen LogP contribution in [0.2, 0.25) is 0 Å². The van der Waals surface area contributed by atoms with Gasteiger partial charge in [-0.15, -0.1) is 0 Å². The second kappa shape index (κ2) is 15.4. The number of esters is 2. The number of amides is 5. The average Bonchev–Trinajstić information content (AvgIpc) is 3.33. The molecule has 2 aliphatic rings. The van der Waals surface area contributed by atoms with E-state index in [0.717, 1.165) is 4.90 Å². The van der Waals surface area contributed by atoms with E-state index in [1.54, 1.807) is 60.7 Å². The summed E-state index contributed by atoms with van der Waals surface area (Å²) >= 11 is 0. The van der Waals surface area contributed by atoms with Crippen LogP contribution in [0, 0.1) is 0 Å². The molecule has 5 amide bonds. The van der Waals surface area contributed by atoms with Crippen molar-refractivity contribution in [3.05, 3.63) is 71.8 Å². The van der Waals surface area contributed by atoms with Crippen molar-refractivity contribution in [3.8, 4) is 0 Å². The molecule has 2 aromatic rings. The number of rotatable bonds is 13. The van der Waals surface area contributed by atoms with Crippen LogP contribution in [0.3, 0.4) is 0 Å². The highest BCUT2D eigenvalue weighted by Gasteiger charge is 2.50. The van der Waals surface area contributed by atoms with Crippen molar-refractivity contribution < 1.29 is 53.2 Å². The van der Waals surface area contributed by atoms with Crippen LogP contribution < -0.4 is 21.7 Å². The summed E-state index contributed by atoms with van der Waals surface area (Å²) in [5.74, 6) is -4.24. The molecule has 2 saturated heterocycles. The molecule has 0 spiro atoms. The van der Waals surface area contributed by atoms with E-state index in [9.17, 15) is 39.0 Å². The quantitative estimate of drug-likeness (QED) is 0.109. The Morgan fingerprint density at radius 1 is 0.957 bits per heavy atom. The monoisotopic (exact) mass is 641 g/mol. The van der Waals surface area contributed by atoms with Crippen LogP contribution in [0.4, 0.5) is 4.79 Å². The van der Waals surface area contributed by atoms with Crippen molar-refractivity contribution in [2.45, 2.75) is 62.7 Å². The van der Waals surface area contributed by atoms with Gasteiger partial charge in [0, 0.05) is 25.9 Å². The van der Waals surface area contributed by atoms with Gasteiger partial charge in [0.25, 0.3) is 5.91 Å². The summed E-state index contributed by atoms with van der Waals surface area (Å²) in [6.45, 7) is -0.706. The maximum atomic E-state index is 13.1. The van der Waals surface area contributed by atoms with Crippen LogP contribution >= 0.6 is 0 Å². The summed E-state index contributed by atoms with van der Waals surface area (Å²) in [5, 5.41) is 27.5. The Bertz CT molecular complexity index is 1430. The standard InChI is InChI=1S/C30H35N5O11/c31-30(28(42)45-17-19-9-5-2-6-10-19,15-22(38)44-16-18-7-3-1-4-8-18)34-21(37)11-13-32-26(41)25-23(39)24(40)27(46-25)35-14-12-20(36)33-29(35)43/h1-10,23-25,27,39-40H,11-17,31H2,(H,32,41)(H,34,37)(H,33,36,43)/t23-,24+,25+,27-,30+/m1/s1. The van der Waals surface area contributed by atoms with Gasteiger partial charge in [-0.05, 0) is 11.1 Å². The van der Waals surface area contributed by atoms with Crippen LogP contribution in [-0.4, -0.2) is 94.1 Å². The molecule has 0 radical (unpaired) electrons. The minimum atomic E-state index is -2.32. The third-order valence-corrected chi connectivity index (χ3v) is 7.15. The van der Waals surface area contributed by atoms with E-state index in [-0.39, 0.29) is 32.7 Å². The Labute approximate surface area is 263 Å². The van der Waals surface area contributed by atoms with Gasteiger partial charge in [0.05, 0.1) is 6.42 Å². The minimum Gasteiger partial charge on any atom is -0.461 e. The zero-order valence-electron chi connectivity index (χ0n) is 24.6. The number of aliphatic hydroxyl groups is 2. The molecule has 4 rings (SSSR count). The highest BCUT2D eigenvalue weighted by molar-refractivity contribution is 5.97. The molecule has 0 saturated carbocycles. The molecular weight excluding hydrogens is 606 g/mol. The largest absolute Gasteiger partial charge is 0.461 e. The highest BCUT2D eigenvalue weighted by Crippen LogP contribution is 2.25. The predicted octanol–water partition coefficient (Wildman–Crippen LogP) is -1.47. The first-order valence-corrected chi connectivity index (χ1v) is 14.4. The lowest BCUT2D eigenvalue weighted by molar-refractivity contribution is -0.161. The fraction of sp³-hybridized carbons (Fsp3) is 0.400.